The number of rotatable bonds is 5. The number of hydrogen-bond donors (Lipinski definition) is 1. The molecule has 0 saturated heterocycles. The number of nitrogens with one attached hydrogen (secondary N) is 1. The van der Waals surface area contributed by atoms with Crippen LogP contribution in [0.25, 0.3) is 0 Å². The largest absolute Gasteiger partial charge is 0.347 e. The van der Waals surface area contributed by atoms with Crippen LogP contribution >= 0.6 is 11.5 Å². The number of carbonyl (C=O) groups excluding carboxylic acids is 1. The van der Waals surface area contributed by atoms with Crippen LogP contribution < -0.4 is 10.8 Å². The third-order valence-electron chi connectivity index (χ3n) is 2.91. The van der Waals surface area contributed by atoms with Gasteiger partial charge >= 0.3 is 5.69 Å². The first kappa shape index (κ1) is 15.9. The number of benzene rings is 1. The molecular weight excluding hydrogens is 304 g/mol. The Bertz CT molecular complexity index is 749. The van der Waals surface area contributed by atoms with Gasteiger partial charge in [0.1, 0.15) is 0 Å². The predicted molar refractivity (Wildman–Crippen MR) is 85.1 cm³/mol. The molecule has 0 atom stereocenters. The maximum Gasteiger partial charge on any atom is 0.347 e. The van der Waals surface area contributed by atoms with Crippen LogP contribution in [0.5, 0.6) is 0 Å². The van der Waals surface area contributed by atoms with Crippen molar-refractivity contribution in [3.05, 3.63) is 51.5 Å². The molecule has 1 heterocycles. The summed E-state index contributed by atoms with van der Waals surface area (Å²) in [5, 5.41) is 14.2. The summed E-state index contributed by atoms with van der Waals surface area (Å²) in [6, 6.07) is 8.58. The van der Waals surface area contributed by atoms with Gasteiger partial charge in [-0.05, 0) is 37.5 Å². The van der Waals surface area contributed by atoms with Gasteiger partial charge < -0.3 is 5.32 Å². The molecule has 0 aliphatic heterocycles. The molecule has 22 heavy (non-hydrogen) atoms. The van der Waals surface area contributed by atoms with E-state index >= 15 is 0 Å². The number of hydrogen-bond acceptors (Lipinski definition) is 5. The maximum atomic E-state index is 12.2. The molecule has 7 nitrogen and oxygen atoms in total. The summed E-state index contributed by atoms with van der Waals surface area (Å²) in [5.74, 6) is -0.378. The van der Waals surface area contributed by atoms with Gasteiger partial charge in [-0.15, -0.1) is 0 Å². The average molecular weight is 320 g/mol. The van der Waals surface area contributed by atoms with Crippen LogP contribution in [0.3, 0.4) is 0 Å². The number of aryl methyl sites for hydroxylation is 1. The summed E-state index contributed by atoms with van der Waals surface area (Å²) >= 11 is 1.13. The first-order valence-electron chi connectivity index (χ1n) is 6.83. The van der Waals surface area contributed by atoms with Gasteiger partial charge in [0.25, 0.3) is 5.91 Å². The Kier molecular flexibility index (Phi) is 5.05. The van der Waals surface area contributed by atoms with E-state index in [4.69, 9.17) is 0 Å². The van der Waals surface area contributed by atoms with Crippen LogP contribution in [-0.2, 0) is 6.54 Å². The third kappa shape index (κ3) is 3.22. The zero-order valence-electron chi connectivity index (χ0n) is 12.3. The molecular formula is C14H16N4O3S. The topological polar surface area (TPSA) is 89.5 Å². The summed E-state index contributed by atoms with van der Waals surface area (Å²) < 4.78 is 1.70. The van der Waals surface area contributed by atoms with Gasteiger partial charge in [-0.2, -0.15) is 0 Å². The molecule has 0 aliphatic carbocycles. The van der Waals surface area contributed by atoms with E-state index in [9.17, 15) is 14.9 Å². The van der Waals surface area contributed by atoms with Gasteiger partial charge in [0.15, 0.2) is 5.00 Å². The second kappa shape index (κ2) is 6.99. The molecule has 8 heteroatoms. The van der Waals surface area contributed by atoms with Crippen LogP contribution in [0, 0.1) is 10.1 Å². The fourth-order valence-electron chi connectivity index (χ4n) is 1.95. The molecule has 1 N–H and O–H groups in total. The molecule has 0 spiro atoms. The lowest BCUT2D eigenvalue weighted by Gasteiger charge is -2.01. The minimum Gasteiger partial charge on any atom is -0.307 e. The highest BCUT2D eigenvalue weighted by molar-refractivity contribution is 7.11. The second-order valence-electron chi connectivity index (χ2n) is 4.34. The van der Waals surface area contributed by atoms with Crippen molar-refractivity contribution in [2.24, 2.45) is 4.99 Å². The lowest BCUT2D eigenvalue weighted by atomic mass is 10.2. The van der Waals surface area contributed by atoms with Crippen LogP contribution in [-0.4, -0.2) is 21.3 Å². The summed E-state index contributed by atoms with van der Waals surface area (Å²) in [6.07, 6.45) is 0. The molecule has 0 unspecified atom stereocenters. The van der Waals surface area contributed by atoms with Gasteiger partial charge in [0.2, 0.25) is 5.49 Å². The minimum atomic E-state index is -0.502. The molecule has 1 aromatic carbocycles. The van der Waals surface area contributed by atoms with Crippen molar-refractivity contribution in [2.45, 2.75) is 20.4 Å². The molecule has 2 rings (SSSR count). The van der Waals surface area contributed by atoms with Crippen molar-refractivity contribution in [3.63, 3.8) is 0 Å². The standard InChI is InChI=1S/C14H16N4O3S/c1-3-15-12-11(18(20)21)14(22-17(12)4-2)16-13(19)10-8-6-5-7-9-10/h5-9H,3-4H2,1-2H3,(H,16,19). The van der Waals surface area contributed by atoms with E-state index in [0.29, 0.717) is 24.1 Å². The summed E-state index contributed by atoms with van der Waals surface area (Å²) in [5.41, 5.74) is 0.587. The second-order valence-corrected chi connectivity index (χ2v) is 5.37. The van der Waals surface area contributed by atoms with Crippen molar-refractivity contribution in [1.29, 1.82) is 0 Å². The van der Waals surface area contributed by atoms with E-state index in [2.05, 4.69) is 10.3 Å². The lowest BCUT2D eigenvalue weighted by Crippen LogP contribution is -2.18. The summed E-state index contributed by atoms with van der Waals surface area (Å²) in [4.78, 5) is 27.2. The highest BCUT2D eigenvalue weighted by Gasteiger charge is 2.25. The van der Waals surface area contributed by atoms with E-state index in [1.54, 1.807) is 34.3 Å². The van der Waals surface area contributed by atoms with Crippen LogP contribution in [0.1, 0.15) is 24.2 Å². The van der Waals surface area contributed by atoms with Gasteiger partial charge in [-0.3, -0.25) is 23.9 Å². The molecule has 0 saturated carbocycles. The molecule has 0 fully saturated rings. The summed E-state index contributed by atoms with van der Waals surface area (Å²) in [7, 11) is 0. The average Bonchev–Trinajstić information content (AvgIpc) is 2.86. The number of nitrogens with zero attached hydrogens (tertiary/aromatic N) is 3. The molecule has 0 radical (unpaired) electrons. The molecule has 116 valence electrons. The smallest absolute Gasteiger partial charge is 0.307 e. The zero-order chi connectivity index (χ0) is 16.1. The SMILES string of the molecule is CCN=c1c([N+](=O)[O-])c(NC(=O)c2ccccc2)sn1CC. The first-order valence-corrected chi connectivity index (χ1v) is 7.61. The van der Waals surface area contributed by atoms with Gasteiger partial charge in [-0.25, -0.2) is 0 Å². The maximum absolute atomic E-state index is 12.2. The number of amides is 1. The molecule has 0 aliphatic rings. The fraction of sp³-hybridized carbons (Fsp3) is 0.286. The highest BCUT2D eigenvalue weighted by Crippen LogP contribution is 2.27. The number of carbonyl (C=O) groups is 1. The monoisotopic (exact) mass is 320 g/mol. The van der Waals surface area contributed by atoms with Crippen molar-refractivity contribution < 1.29 is 9.72 Å². The van der Waals surface area contributed by atoms with Crippen LogP contribution in [0.15, 0.2) is 35.3 Å². The Morgan fingerprint density at radius 2 is 2.05 bits per heavy atom. The number of nitro groups is 1. The fourth-order valence-corrected chi connectivity index (χ4v) is 2.92. The first-order chi connectivity index (χ1) is 10.6. The Labute approximate surface area is 131 Å². The number of aromatic nitrogens is 1. The Hall–Kier alpha value is -2.48. The number of anilines is 1. The normalized spacial score (nSPS) is 11.5. The highest BCUT2D eigenvalue weighted by atomic mass is 32.1. The van der Waals surface area contributed by atoms with Gasteiger partial charge in [0.05, 0.1) is 4.92 Å². The zero-order valence-corrected chi connectivity index (χ0v) is 13.1. The van der Waals surface area contributed by atoms with E-state index in [1.807, 2.05) is 13.8 Å². The van der Waals surface area contributed by atoms with Crippen LogP contribution in [0.2, 0.25) is 0 Å². The van der Waals surface area contributed by atoms with Crippen LogP contribution in [0.4, 0.5) is 10.7 Å². The lowest BCUT2D eigenvalue weighted by molar-refractivity contribution is -0.385. The Morgan fingerprint density at radius 3 is 2.59 bits per heavy atom. The molecule has 1 amide bonds. The van der Waals surface area contributed by atoms with Gasteiger partial charge in [0, 0.05) is 18.7 Å². The van der Waals surface area contributed by atoms with Crippen molar-refractivity contribution >= 4 is 28.1 Å². The Balaban J connectivity index is 2.45. The van der Waals surface area contributed by atoms with E-state index < -0.39 is 4.92 Å². The summed E-state index contributed by atoms with van der Waals surface area (Å²) in [6.45, 7) is 4.66. The minimum absolute atomic E-state index is 0.155. The quantitative estimate of drug-likeness (QED) is 0.678. The Morgan fingerprint density at radius 1 is 1.36 bits per heavy atom. The van der Waals surface area contributed by atoms with E-state index in [0.717, 1.165) is 11.5 Å². The van der Waals surface area contributed by atoms with Gasteiger partial charge in [-0.1, -0.05) is 18.2 Å². The van der Waals surface area contributed by atoms with Crippen molar-refractivity contribution in [2.75, 3.05) is 11.9 Å². The predicted octanol–water partition coefficient (Wildman–Crippen LogP) is 2.65. The van der Waals surface area contributed by atoms with Crippen molar-refractivity contribution in [3.8, 4) is 0 Å². The third-order valence-corrected chi connectivity index (χ3v) is 4.03. The van der Waals surface area contributed by atoms with E-state index in [-0.39, 0.29) is 16.6 Å². The molecule has 1 aromatic heterocycles. The molecule has 0 bridgehead atoms. The van der Waals surface area contributed by atoms with Crippen molar-refractivity contribution in [1.82, 2.24) is 3.96 Å². The van der Waals surface area contributed by atoms with E-state index in [1.165, 1.54) is 0 Å². The molecule has 2 aromatic rings.